The highest BCUT2D eigenvalue weighted by molar-refractivity contribution is 5.95. The third-order valence-electron chi connectivity index (χ3n) is 6.11. The largest absolute Gasteiger partial charge is 0.330 e. The number of nitrogens with one attached hydrogen (secondary N) is 1. The highest BCUT2D eigenvalue weighted by Crippen LogP contribution is 2.46. The summed E-state index contributed by atoms with van der Waals surface area (Å²) in [5.41, 5.74) is 2.16. The molecule has 3 nitrogen and oxygen atoms in total. The van der Waals surface area contributed by atoms with Crippen LogP contribution in [-0.4, -0.2) is 30.4 Å². The normalized spacial score (nSPS) is 20.6. The minimum Gasteiger partial charge on any atom is -0.330 e. The number of hydrogen-bond acceptors (Lipinski definition) is 2. The molecule has 0 saturated carbocycles. The van der Waals surface area contributed by atoms with Crippen molar-refractivity contribution in [3.05, 3.63) is 83.4 Å². The Morgan fingerprint density at radius 1 is 1.21 bits per heavy atom. The Hall–Kier alpha value is -2.53. The molecule has 0 bridgehead atoms. The Kier molecular flexibility index (Phi) is 5.02. The number of carbonyl (C=O) groups excluding carboxylic acids is 1. The number of piperidine rings is 1. The number of carbonyl (C=O) groups is 1. The van der Waals surface area contributed by atoms with Gasteiger partial charge < -0.3 is 10.2 Å². The van der Waals surface area contributed by atoms with E-state index in [2.05, 4.69) is 24.0 Å². The zero-order valence-corrected chi connectivity index (χ0v) is 15.8. The fourth-order valence-corrected chi connectivity index (χ4v) is 4.74. The lowest BCUT2D eigenvalue weighted by molar-refractivity contribution is 0.0534. The van der Waals surface area contributed by atoms with Crippen molar-refractivity contribution in [2.45, 2.75) is 30.7 Å². The van der Waals surface area contributed by atoms with E-state index < -0.39 is 17.5 Å². The third kappa shape index (κ3) is 3.14. The Bertz CT molecular complexity index is 905. The van der Waals surface area contributed by atoms with Gasteiger partial charge >= 0.3 is 0 Å². The molecule has 2 heterocycles. The van der Waals surface area contributed by atoms with Gasteiger partial charge in [0.15, 0.2) is 0 Å². The van der Waals surface area contributed by atoms with Crippen LogP contribution in [0.1, 0.15) is 46.8 Å². The van der Waals surface area contributed by atoms with Crippen LogP contribution in [-0.2, 0) is 5.41 Å². The lowest BCUT2D eigenvalue weighted by atomic mass is 9.67. The lowest BCUT2D eigenvalue weighted by Gasteiger charge is -2.50. The molecule has 2 aromatic rings. The molecule has 1 amide bonds. The van der Waals surface area contributed by atoms with Crippen LogP contribution in [0.3, 0.4) is 0 Å². The topological polar surface area (TPSA) is 32.3 Å². The maximum atomic E-state index is 14.4. The molecule has 1 fully saturated rings. The maximum Gasteiger partial charge on any atom is 0.257 e. The summed E-state index contributed by atoms with van der Waals surface area (Å²) in [5.74, 6) is -1.90. The summed E-state index contributed by atoms with van der Waals surface area (Å²) in [6.07, 6.45) is 4.21. The summed E-state index contributed by atoms with van der Waals surface area (Å²) in [6.45, 7) is 6.15. The van der Waals surface area contributed by atoms with Gasteiger partial charge in [-0.1, -0.05) is 30.3 Å². The van der Waals surface area contributed by atoms with E-state index >= 15 is 0 Å². The standard InChI is InChI=1S/C23H24F2N2O/c1-2-5-21-17-6-3-4-7-19(17)23(10-12-26-13-11-23)15-27(21)22(28)18-9-8-16(24)14-20(18)25/h2-4,6-9,14,21,26H,1,5,10-13,15H2/t21-/m1/s1. The van der Waals surface area contributed by atoms with Gasteiger partial charge in [-0.3, -0.25) is 4.79 Å². The van der Waals surface area contributed by atoms with Crippen LogP contribution >= 0.6 is 0 Å². The first-order valence-electron chi connectivity index (χ1n) is 9.73. The Balaban J connectivity index is 1.81. The molecular formula is C23H24F2N2O. The van der Waals surface area contributed by atoms with E-state index in [1.807, 2.05) is 12.1 Å². The molecule has 0 radical (unpaired) electrons. The van der Waals surface area contributed by atoms with Crippen molar-refractivity contribution in [2.75, 3.05) is 19.6 Å². The predicted octanol–water partition coefficient (Wildman–Crippen LogP) is 4.36. The molecule has 28 heavy (non-hydrogen) atoms. The van der Waals surface area contributed by atoms with Crippen molar-refractivity contribution in [3.8, 4) is 0 Å². The second-order valence-corrected chi connectivity index (χ2v) is 7.71. The second kappa shape index (κ2) is 7.47. The zero-order valence-electron chi connectivity index (χ0n) is 15.8. The molecule has 2 aliphatic heterocycles. The van der Waals surface area contributed by atoms with Crippen LogP contribution in [0, 0.1) is 11.6 Å². The van der Waals surface area contributed by atoms with Gasteiger partial charge in [-0.2, -0.15) is 0 Å². The molecule has 2 aromatic carbocycles. The van der Waals surface area contributed by atoms with Gasteiger partial charge in [-0.15, -0.1) is 6.58 Å². The van der Waals surface area contributed by atoms with Gasteiger partial charge in [-0.05, 0) is 55.6 Å². The van der Waals surface area contributed by atoms with Gasteiger partial charge in [0.2, 0.25) is 0 Å². The van der Waals surface area contributed by atoms with Gasteiger partial charge in [0.1, 0.15) is 11.6 Å². The van der Waals surface area contributed by atoms with E-state index in [0.29, 0.717) is 13.0 Å². The number of benzene rings is 2. The summed E-state index contributed by atoms with van der Waals surface area (Å²) >= 11 is 0. The van der Waals surface area contributed by atoms with Crippen LogP contribution in [0.2, 0.25) is 0 Å². The first kappa shape index (κ1) is 18.8. The van der Waals surface area contributed by atoms with Gasteiger partial charge in [0, 0.05) is 18.0 Å². The molecule has 4 rings (SSSR count). The smallest absolute Gasteiger partial charge is 0.257 e. The van der Waals surface area contributed by atoms with Crippen LogP contribution < -0.4 is 5.32 Å². The molecule has 2 aliphatic rings. The molecule has 0 unspecified atom stereocenters. The Morgan fingerprint density at radius 3 is 2.68 bits per heavy atom. The molecule has 1 saturated heterocycles. The van der Waals surface area contributed by atoms with Crippen LogP contribution in [0.25, 0.3) is 0 Å². The van der Waals surface area contributed by atoms with Crippen molar-refractivity contribution in [1.29, 1.82) is 0 Å². The van der Waals surface area contributed by atoms with E-state index in [0.717, 1.165) is 43.6 Å². The van der Waals surface area contributed by atoms with Crippen molar-refractivity contribution in [2.24, 2.45) is 0 Å². The summed E-state index contributed by atoms with van der Waals surface area (Å²) in [5, 5.41) is 3.39. The van der Waals surface area contributed by atoms with E-state index in [9.17, 15) is 13.6 Å². The molecule has 5 heteroatoms. The number of nitrogens with zero attached hydrogens (tertiary/aromatic N) is 1. The van der Waals surface area contributed by atoms with E-state index in [4.69, 9.17) is 0 Å². The van der Waals surface area contributed by atoms with Gasteiger partial charge in [0.25, 0.3) is 5.91 Å². The van der Waals surface area contributed by atoms with E-state index in [-0.39, 0.29) is 17.0 Å². The zero-order chi connectivity index (χ0) is 19.7. The highest BCUT2D eigenvalue weighted by atomic mass is 19.1. The second-order valence-electron chi connectivity index (χ2n) is 7.71. The molecule has 1 atom stereocenters. The molecular weight excluding hydrogens is 358 g/mol. The van der Waals surface area contributed by atoms with Crippen molar-refractivity contribution in [3.63, 3.8) is 0 Å². The average Bonchev–Trinajstić information content (AvgIpc) is 2.70. The molecule has 0 aromatic heterocycles. The SMILES string of the molecule is C=CC[C@@H]1c2ccccc2C2(CCNCC2)CN1C(=O)c1ccc(F)cc1F. The Morgan fingerprint density at radius 2 is 1.96 bits per heavy atom. The number of hydrogen-bond donors (Lipinski definition) is 1. The van der Waals surface area contributed by atoms with Crippen molar-refractivity contribution >= 4 is 5.91 Å². The van der Waals surface area contributed by atoms with Crippen molar-refractivity contribution < 1.29 is 13.6 Å². The number of fused-ring (bicyclic) bond motifs is 2. The van der Waals surface area contributed by atoms with Crippen molar-refractivity contribution in [1.82, 2.24) is 10.2 Å². The average molecular weight is 382 g/mol. The minimum atomic E-state index is -0.819. The predicted molar refractivity (Wildman–Crippen MR) is 105 cm³/mol. The Labute approximate surface area is 164 Å². The first-order chi connectivity index (χ1) is 13.6. The van der Waals surface area contributed by atoms with Crippen LogP contribution in [0.5, 0.6) is 0 Å². The van der Waals surface area contributed by atoms with E-state index in [1.54, 1.807) is 11.0 Å². The summed E-state index contributed by atoms with van der Waals surface area (Å²) in [4.78, 5) is 15.1. The molecule has 0 aliphatic carbocycles. The van der Waals surface area contributed by atoms with E-state index in [1.165, 1.54) is 11.6 Å². The summed E-state index contributed by atoms with van der Waals surface area (Å²) < 4.78 is 27.7. The third-order valence-corrected chi connectivity index (χ3v) is 6.11. The number of amides is 1. The highest BCUT2D eigenvalue weighted by Gasteiger charge is 2.45. The summed E-state index contributed by atoms with van der Waals surface area (Å²) in [7, 11) is 0. The van der Waals surface area contributed by atoms with Gasteiger partial charge in [0.05, 0.1) is 11.6 Å². The monoisotopic (exact) mass is 382 g/mol. The lowest BCUT2D eigenvalue weighted by Crippen LogP contribution is -2.54. The first-order valence-corrected chi connectivity index (χ1v) is 9.73. The maximum absolute atomic E-state index is 14.4. The number of halogens is 2. The minimum absolute atomic E-state index is 0.0843. The number of rotatable bonds is 3. The summed E-state index contributed by atoms with van der Waals surface area (Å²) in [6, 6.07) is 11.2. The van der Waals surface area contributed by atoms with Gasteiger partial charge in [-0.25, -0.2) is 8.78 Å². The fourth-order valence-electron chi connectivity index (χ4n) is 4.74. The molecule has 1 N–H and O–H groups in total. The quantitative estimate of drug-likeness (QED) is 0.800. The molecule has 146 valence electrons. The van der Waals surface area contributed by atoms with Crippen LogP contribution in [0.15, 0.2) is 55.1 Å². The van der Waals surface area contributed by atoms with Crippen LogP contribution in [0.4, 0.5) is 8.78 Å². The molecule has 1 spiro atoms. The fraction of sp³-hybridized carbons (Fsp3) is 0.348.